The molecule has 2 heterocycles. The van der Waals surface area contributed by atoms with Gasteiger partial charge in [-0.3, -0.25) is 14.9 Å². The number of esters is 1. The maximum Gasteiger partial charge on any atom is 0.339 e. The van der Waals surface area contributed by atoms with Crippen LogP contribution in [0, 0.1) is 10.1 Å². The van der Waals surface area contributed by atoms with E-state index in [1.54, 1.807) is 18.2 Å². The summed E-state index contributed by atoms with van der Waals surface area (Å²) >= 11 is 0. The molecule has 39 heavy (non-hydrogen) atoms. The molecule has 0 spiro atoms. The minimum absolute atomic E-state index is 0.00472. The smallest absolute Gasteiger partial charge is 0.339 e. The Morgan fingerprint density at radius 1 is 1.15 bits per heavy atom. The molecule has 0 saturated carbocycles. The van der Waals surface area contributed by atoms with E-state index in [2.05, 4.69) is 0 Å². The first kappa shape index (κ1) is 26.5. The van der Waals surface area contributed by atoms with Crippen LogP contribution in [-0.2, 0) is 25.8 Å². The molecule has 3 aromatic rings. The van der Waals surface area contributed by atoms with Crippen LogP contribution in [0.1, 0.15) is 46.4 Å². The topological polar surface area (TPSA) is 137 Å². The molecule has 1 aliphatic carbocycles. The molecular weight excluding hydrogens is 522 g/mol. The van der Waals surface area contributed by atoms with Gasteiger partial charge in [0.05, 0.1) is 33.2 Å². The van der Waals surface area contributed by atoms with Crippen molar-refractivity contribution < 1.29 is 27.7 Å². The number of hydrogen-bond acceptors (Lipinski definition) is 8. The largest absolute Gasteiger partial charge is 0.452 e. The Morgan fingerprint density at radius 3 is 2.59 bits per heavy atom. The molecule has 2 aromatic carbocycles. The predicted octanol–water partition coefficient (Wildman–Crippen LogP) is 3.82. The summed E-state index contributed by atoms with van der Waals surface area (Å²) in [6, 6.07) is 13.1. The number of pyridine rings is 1. The minimum atomic E-state index is -3.16. The molecule has 1 fully saturated rings. The fraction of sp³-hybridized carbons (Fsp3) is 0.321. The number of rotatable bonds is 6. The van der Waals surface area contributed by atoms with Crippen LogP contribution in [0.25, 0.3) is 22.6 Å². The van der Waals surface area contributed by atoms with Crippen molar-refractivity contribution in [3.8, 4) is 0 Å². The molecule has 1 aromatic heterocycles. The fourth-order valence-electron chi connectivity index (χ4n) is 5.19. The number of ether oxygens (including phenoxy) is 1. The van der Waals surface area contributed by atoms with Crippen molar-refractivity contribution in [1.82, 2.24) is 9.88 Å². The maximum atomic E-state index is 13.4. The predicted molar refractivity (Wildman–Crippen MR) is 146 cm³/mol. The normalized spacial score (nSPS) is 19.0. The average molecular weight is 550 g/mol. The molecule has 1 saturated heterocycles. The highest BCUT2D eigenvalue weighted by Crippen LogP contribution is 2.36. The number of allylic oxidation sites excluding steroid dienone is 1. The van der Waals surface area contributed by atoms with Crippen molar-refractivity contribution in [2.24, 2.45) is 0 Å². The van der Waals surface area contributed by atoms with Gasteiger partial charge in [0.2, 0.25) is 0 Å². The minimum Gasteiger partial charge on any atom is -0.452 e. The van der Waals surface area contributed by atoms with Crippen LogP contribution in [-0.4, -0.2) is 66.3 Å². The number of fused-ring (bicyclic) bond motifs is 2. The molecule has 5 rings (SSSR count). The van der Waals surface area contributed by atoms with Crippen molar-refractivity contribution in [1.29, 1.82) is 0 Å². The van der Waals surface area contributed by atoms with E-state index in [-0.39, 0.29) is 17.2 Å². The fourth-order valence-corrected chi connectivity index (χ4v) is 6.96. The lowest BCUT2D eigenvalue weighted by molar-refractivity contribution is -0.384. The van der Waals surface area contributed by atoms with E-state index in [1.165, 1.54) is 24.1 Å². The highest BCUT2D eigenvalue weighted by atomic mass is 32.2. The molecule has 2 aliphatic rings. The number of carbonyl (C=O) groups excluding carboxylic acids is 2. The number of nitro benzene ring substituents is 1. The number of likely N-dealkylation sites (N-methyl/N-ethyl adjacent to an activating group) is 1. The number of nitro groups is 1. The Bertz CT molecular complexity index is 1610. The zero-order valence-electron chi connectivity index (χ0n) is 21.3. The van der Waals surface area contributed by atoms with E-state index in [9.17, 15) is 28.1 Å². The van der Waals surface area contributed by atoms with Crippen LogP contribution >= 0.6 is 0 Å². The van der Waals surface area contributed by atoms with Crippen molar-refractivity contribution in [3.63, 3.8) is 0 Å². The second kappa shape index (κ2) is 10.6. The third kappa shape index (κ3) is 5.53. The highest BCUT2D eigenvalue weighted by Gasteiger charge is 2.33. The Labute approximate surface area is 225 Å². The SMILES string of the molecule is CN(C(=O)COC(=O)c1c2c(nc3ccccc13)C(=Cc1ccc([N+](=O)[O-])cc1)CCC2)C1CCS(=O)(=O)C1. The first-order chi connectivity index (χ1) is 18.6. The molecule has 10 nitrogen and oxygen atoms in total. The zero-order chi connectivity index (χ0) is 27.7. The van der Waals surface area contributed by atoms with Crippen LogP contribution in [0.5, 0.6) is 0 Å². The number of non-ortho nitro benzene ring substituents is 1. The number of hydrogen-bond donors (Lipinski definition) is 0. The average Bonchev–Trinajstić information content (AvgIpc) is 3.29. The first-order valence-corrected chi connectivity index (χ1v) is 14.5. The van der Waals surface area contributed by atoms with Crippen LogP contribution in [0.4, 0.5) is 5.69 Å². The number of aromatic nitrogens is 1. The lowest BCUT2D eigenvalue weighted by Crippen LogP contribution is -2.40. The Hall–Kier alpha value is -4.12. The monoisotopic (exact) mass is 549 g/mol. The maximum absolute atomic E-state index is 13.4. The molecule has 11 heteroatoms. The van der Waals surface area contributed by atoms with Crippen molar-refractivity contribution in [2.45, 2.75) is 31.7 Å². The second-order valence-electron chi connectivity index (χ2n) is 9.84. The zero-order valence-corrected chi connectivity index (χ0v) is 22.1. The summed E-state index contributed by atoms with van der Waals surface area (Å²) in [6.45, 7) is -0.497. The first-order valence-electron chi connectivity index (χ1n) is 12.6. The van der Waals surface area contributed by atoms with Gasteiger partial charge in [-0.25, -0.2) is 18.2 Å². The molecule has 0 radical (unpaired) electrons. The van der Waals surface area contributed by atoms with Crippen LogP contribution in [0.2, 0.25) is 0 Å². The number of amides is 1. The Morgan fingerprint density at radius 2 is 1.90 bits per heavy atom. The van der Waals surface area contributed by atoms with Crippen molar-refractivity contribution in [3.05, 3.63) is 81.0 Å². The molecule has 1 aliphatic heterocycles. The molecule has 1 atom stereocenters. The van der Waals surface area contributed by atoms with Gasteiger partial charge in [0, 0.05) is 30.6 Å². The third-order valence-corrected chi connectivity index (χ3v) is 9.05. The number of carbonyl (C=O) groups is 2. The standard InChI is InChI=1S/C28H27N3O7S/c1-30(21-13-14-39(36,37)17-21)25(32)16-38-28(33)26-22-6-2-3-8-24(22)29-27-19(5-4-7-23(26)27)15-18-9-11-20(12-10-18)31(34)35/h2-3,6,8-12,15,21H,4-5,7,13-14,16-17H2,1H3. The van der Waals surface area contributed by atoms with E-state index in [0.717, 1.165) is 29.5 Å². The Kier molecular flexibility index (Phi) is 7.17. The van der Waals surface area contributed by atoms with Gasteiger partial charge >= 0.3 is 5.97 Å². The lowest BCUT2D eigenvalue weighted by Gasteiger charge is -2.24. The second-order valence-corrected chi connectivity index (χ2v) is 12.1. The molecule has 1 unspecified atom stereocenters. The summed E-state index contributed by atoms with van der Waals surface area (Å²) in [5.74, 6) is -1.14. The van der Waals surface area contributed by atoms with E-state index in [4.69, 9.17) is 9.72 Å². The molecule has 0 N–H and O–H groups in total. The molecular formula is C28H27N3O7S. The summed E-state index contributed by atoms with van der Waals surface area (Å²) in [4.78, 5) is 43.0. The van der Waals surface area contributed by atoms with Gasteiger partial charge in [-0.1, -0.05) is 18.2 Å². The third-order valence-electron chi connectivity index (χ3n) is 7.30. The van der Waals surface area contributed by atoms with Crippen LogP contribution < -0.4 is 0 Å². The van der Waals surface area contributed by atoms with E-state index in [1.807, 2.05) is 24.3 Å². The number of benzene rings is 2. The summed E-state index contributed by atoms with van der Waals surface area (Å²) in [7, 11) is -1.63. The Balaban J connectivity index is 1.44. The van der Waals surface area contributed by atoms with Gasteiger partial charge in [0.15, 0.2) is 16.4 Å². The van der Waals surface area contributed by atoms with Gasteiger partial charge < -0.3 is 9.64 Å². The lowest BCUT2D eigenvalue weighted by atomic mass is 9.86. The van der Waals surface area contributed by atoms with Gasteiger partial charge in [0.1, 0.15) is 0 Å². The summed E-state index contributed by atoms with van der Waals surface area (Å²) in [6.07, 6.45) is 4.38. The molecule has 0 bridgehead atoms. The van der Waals surface area contributed by atoms with Gasteiger partial charge in [-0.05, 0) is 66.7 Å². The van der Waals surface area contributed by atoms with Crippen molar-refractivity contribution >= 4 is 50.0 Å². The van der Waals surface area contributed by atoms with Crippen molar-refractivity contribution in [2.75, 3.05) is 25.2 Å². The summed E-state index contributed by atoms with van der Waals surface area (Å²) < 4.78 is 29.1. The highest BCUT2D eigenvalue weighted by molar-refractivity contribution is 7.91. The van der Waals surface area contributed by atoms with Gasteiger partial charge in [-0.15, -0.1) is 0 Å². The van der Waals surface area contributed by atoms with E-state index >= 15 is 0 Å². The van der Waals surface area contributed by atoms with Crippen LogP contribution in [0.3, 0.4) is 0 Å². The number of nitrogens with zero attached hydrogens (tertiary/aromatic N) is 3. The van der Waals surface area contributed by atoms with Crippen LogP contribution in [0.15, 0.2) is 48.5 Å². The van der Waals surface area contributed by atoms with Gasteiger partial charge in [-0.2, -0.15) is 0 Å². The molecule has 1 amide bonds. The van der Waals surface area contributed by atoms with E-state index in [0.29, 0.717) is 35.0 Å². The number of para-hydroxylation sites is 1. The van der Waals surface area contributed by atoms with Gasteiger partial charge in [0.25, 0.3) is 11.6 Å². The molecule has 202 valence electrons. The van der Waals surface area contributed by atoms with E-state index < -0.39 is 39.3 Å². The summed E-state index contributed by atoms with van der Waals surface area (Å²) in [5.41, 5.74) is 4.08. The quantitative estimate of drug-likeness (QED) is 0.257. The summed E-state index contributed by atoms with van der Waals surface area (Å²) in [5, 5.41) is 11.6. The number of sulfone groups is 1.